The summed E-state index contributed by atoms with van der Waals surface area (Å²) in [6.45, 7) is 8.14. The summed E-state index contributed by atoms with van der Waals surface area (Å²) in [6, 6.07) is 12.1. The van der Waals surface area contributed by atoms with Gasteiger partial charge in [0.1, 0.15) is 23.2 Å². The molecule has 1 atom stereocenters. The van der Waals surface area contributed by atoms with Gasteiger partial charge in [-0.05, 0) is 37.5 Å². The lowest BCUT2D eigenvalue weighted by Gasteiger charge is -2.22. The van der Waals surface area contributed by atoms with E-state index in [9.17, 15) is 18.4 Å². The van der Waals surface area contributed by atoms with E-state index in [4.69, 9.17) is 0 Å². The Labute approximate surface area is 192 Å². The zero-order valence-corrected chi connectivity index (χ0v) is 19.2. The summed E-state index contributed by atoms with van der Waals surface area (Å²) in [5.41, 5.74) is 3.01. The van der Waals surface area contributed by atoms with Crippen molar-refractivity contribution in [1.82, 2.24) is 20.4 Å². The Morgan fingerprint density at radius 1 is 1.00 bits per heavy atom. The second-order valence-electron chi connectivity index (χ2n) is 8.30. The fourth-order valence-electron chi connectivity index (χ4n) is 3.65. The summed E-state index contributed by atoms with van der Waals surface area (Å²) in [6.07, 6.45) is 0. The van der Waals surface area contributed by atoms with Crippen LogP contribution in [0.3, 0.4) is 0 Å². The van der Waals surface area contributed by atoms with Crippen LogP contribution in [-0.4, -0.2) is 27.6 Å². The minimum absolute atomic E-state index is 0.221. The summed E-state index contributed by atoms with van der Waals surface area (Å²) in [7, 11) is 0. The fraction of sp³-hybridized carbons (Fsp3) is 0.320. The Hall–Kier alpha value is -3.55. The van der Waals surface area contributed by atoms with E-state index in [-0.39, 0.29) is 12.5 Å². The highest BCUT2D eigenvalue weighted by molar-refractivity contribution is 5.98. The maximum Gasteiger partial charge on any atom is 0.257 e. The summed E-state index contributed by atoms with van der Waals surface area (Å²) in [5.74, 6) is -3.67. The van der Waals surface area contributed by atoms with Crippen molar-refractivity contribution in [3.8, 4) is 0 Å². The second kappa shape index (κ2) is 10.4. The summed E-state index contributed by atoms with van der Waals surface area (Å²) >= 11 is 0. The molecule has 0 fully saturated rings. The number of rotatable bonds is 8. The van der Waals surface area contributed by atoms with Crippen molar-refractivity contribution in [2.45, 2.75) is 46.8 Å². The number of nitrogens with zero attached hydrogens (tertiary/aromatic N) is 2. The summed E-state index contributed by atoms with van der Waals surface area (Å²) < 4.78 is 29.8. The molecular weight excluding hydrogens is 426 g/mol. The van der Waals surface area contributed by atoms with Crippen molar-refractivity contribution >= 4 is 11.8 Å². The van der Waals surface area contributed by atoms with Crippen LogP contribution in [0, 0.1) is 31.4 Å². The molecule has 0 radical (unpaired) electrons. The van der Waals surface area contributed by atoms with Crippen LogP contribution in [0.2, 0.25) is 0 Å². The van der Waals surface area contributed by atoms with Gasteiger partial charge in [-0.3, -0.25) is 14.3 Å². The maximum atomic E-state index is 14.0. The SMILES string of the molecule is Cc1nn(Cc2ccccc2)c(C)c1CNC(=O)C(NC(=O)c1c(F)cccc1F)C(C)C. The van der Waals surface area contributed by atoms with Crippen molar-refractivity contribution < 1.29 is 18.4 Å². The smallest absolute Gasteiger partial charge is 0.257 e. The van der Waals surface area contributed by atoms with Crippen molar-refractivity contribution in [3.05, 3.63) is 88.2 Å². The lowest BCUT2D eigenvalue weighted by atomic mass is 10.0. The van der Waals surface area contributed by atoms with Gasteiger partial charge in [-0.2, -0.15) is 5.10 Å². The van der Waals surface area contributed by atoms with E-state index < -0.39 is 35.1 Å². The molecule has 1 unspecified atom stereocenters. The van der Waals surface area contributed by atoms with Gasteiger partial charge in [0.2, 0.25) is 5.91 Å². The van der Waals surface area contributed by atoms with Gasteiger partial charge in [-0.25, -0.2) is 8.78 Å². The molecule has 2 aromatic carbocycles. The van der Waals surface area contributed by atoms with Crippen LogP contribution in [0.25, 0.3) is 0 Å². The first kappa shape index (κ1) is 24.1. The lowest BCUT2D eigenvalue weighted by Crippen LogP contribution is -2.49. The Morgan fingerprint density at radius 3 is 2.24 bits per heavy atom. The molecule has 0 saturated carbocycles. The van der Waals surface area contributed by atoms with Crippen LogP contribution >= 0.6 is 0 Å². The molecule has 0 saturated heterocycles. The van der Waals surface area contributed by atoms with Crippen LogP contribution in [0.4, 0.5) is 8.78 Å². The Balaban J connectivity index is 1.70. The number of hydrogen-bond donors (Lipinski definition) is 2. The third-order valence-electron chi connectivity index (χ3n) is 5.57. The number of carbonyl (C=O) groups is 2. The average molecular weight is 455 g/mol. The number of carbonyl (C=O) groups excluding carboxylic acids is 2. The van der Waals surface area contributed by atoms with Gasteiger partial charge in [0, 0.05) is 17.8 Å². The van der Waals surface area contributed by atoms with Gasteiger partial charge in [0.05, 0.1) is 12.2 Å². The zero-order valence-electron chi connectivity index (χ0n) is 19.2. The van der Waals surface area contributed by atoms with Crippen LogP contribution in [0.15, 0.2) is 48.5 Å². The highest BCUT2D eigenvalue weighted by Crippen LogP contribution is 2.16. The largest absolute Gasteiger partial charge is 0.350 e. The van der Waals surface area contributed by atoms with Crippen molar-refractivity contribution in [3.63, 3.8) is 0 Å². The summed E-state index contributed by atoms with van der Waals surface area (Å²) in [5, 5.41) is 9.88. The first-order valence-corrected chi connectivity index (χ1v) is 10.8. The van der Waals surface area contributed by atoms with Crippen LogP contribution in [-0.2, 0) is 17.9 Å². The number of amides is 2. The molecule has 1 aromatic heterocycles. The fourth-order valence-corrected chi connectivity index (χ4v) is 3.65. The van der Waals surface area contributed by atoms with Gasteiger partial charge >= 0.3 is 0 Å². The second-order valence-corrected chi connectivity index (χ2v) is 8.30. The van der Waals surface area contributed by atoms with E-state index in [2.05, 4.69) is 15.7 Å². The van der Waals surface area contributed by atoms with Gasteiger partial charge < -0.3 is 10.6 Å². The monoisotopic (exact) mass is 454 g/mol. The molecule has 33 heavy (non-hydrogen) atoms. The predicted molar refractivity (Wildman–Crippen MR) is 122 cm³/mol. The van der Waals surface area contributed by atoms with Crippen LogP contribution in [0.5, 0.6) is 0 Å². The molecule has 2 amide bonds. The molecular formula is C25H28F2N4O2. The lowest BCUT2D eigenvalue weighted by molar-refractivity contribution is -0.124. The van der Waals surface area contributed by atoms with Gasteiger partial charge in [0.25, 0.3) is 5.91 Å². The molecule has 0 spiro atoms. The van der Waals surface area contributed by atoms with Crippen molar-refractivity contribution in [1.29, 1.82) is 0 Å². The number of nitrogens with one attached hydrogen (secondary N) is 2. The Morgan fingerprint density at radius 2 is 1.64 bits per heavy atom. The third kappa shape index (κ3) is 5.63. The first-order chi connectivity index (χ1) is 15.7. The summed E-state index contributed by atoms with van der Waals surface area (Å²) in [4.78, 5) is 25.4. The normalized spacial score (nSPS) is 12.0. The number of hydrogen-bond acceptors (Lipinski definition) is 3. The van der Waals surface area contributed by atoms with Crippen LogP contribution in [0.1, 0.15) is 46.7 Å². The predicted octanol–water partition coefficient (Wildman–Crippen LogP) is 3.90. The van der Waals surface area contributed by atoms with E-state index in [1.807, 2.05) is 48.9 Å². The van der Waals surface area contributed by atoms with Gasteiger partial charge in [-0.15, -0.1) is 0 Å². The quantitative estimate of drug-likeness (QED) is 0.542. The molecule has 3 rings (SSSR count). The number of benzene rings is 2. The number of aromatic nitrogens is 2. The zero-order chi connectivity index (χ0) is 24.1. The van der Waals surface area contributed by atoms with E-state index in [1.54, 1.807) is 13.8 Å². The van der Waals surface area contributed by atoms with E-state index >= 15 is 0 Å². The highest BCUT2D eigenvalue weighted by Gasteiger charge is 2.27. The Kier molecular flexibility index (Phi) is 7.58. The van der Waals surface area contributed by atoms with Crippen molar-refractivity contribution in [2.75, 3.05) is 0 Å². The minimum atomic E-state index is -0.979. The number of halogens is 2. The van der Waals surface area contributed by atoms with E-state index in [0.717, 1.165) is 34.6 Å². The molecule has 1 heterocycles. The first-order valence-electron chi connectivity index (χ1n) is 10.8. The van der Waals surface area contributed by atoms with Crippen molar-refractivity contribution in [2.24, 2.45) is 5.92 Å². The molecule has 174 valence electrons. The molecule has 6 nitrogen and oxygen atoms in total. The third-order valence-corrected chi connectivity index (χ3v) is 5.57. The Bertz CT molecular complexity index is 1120. The molecule has 8 heteroatoms. The van der Waals surface area contributed by atoms with Crippen LogP contribution < -0.4 is 10.6 Å². The molecule has 0 aliphatic rings. The highest BCUT2D eigenvalue weighted by atomic mass is 19.1. The topological polar surface area (TPSA) is 76.0 Å². The molecule has 2 N–H and O–H groups in total. The molecule has 0 bridgehead atoms. The minimum Gasteiger partial charge on any atom is -0.350 e. The maximum absolute atomic E-state index is 14.0. The van der Waals surface area contributed by atoms with Gasteiger partial charge in [0.15, 0.2) is 0 Å². The average Bonchev–Trinajstić information content (AvgIpc) is 3.03. The van der Waals surface area contributed by atoms with E-state index in [1.165, 1.54) is 6.07 Å². The molecule has 0 aliphatic carbocycles. The van der Waals surface area contributed by atoms with Gasteiger partial charge in [-0.1, -0.05) is 50.2 Å². The number of aryl methyl sites for hydroxylation is 1. The van der Waals surface area contributed by atoms with E-state index in [0.29, 0.717) is 6.54 Å². The standard InChI is InChI=1S/C25H28F2N4O2/c1-15(2)23(29-24(32)22-20(26)11-8-12-21(22)27)25(33)28-13-19-16(3)30-31(17(19)4)14-18-9-6-5-7-10-18/h5-12,15,23H,13-14H2,1-4H3,(H,28,33)(H,29,32). The molecule has 3 aromatic rings. The molecule has 0 aliphatic heterocycles.